The molecule has 1 fully saturated rings. The van der Waals surface area contributed by atoms with Gasteiger partial charge >= 0.3 is 0 Å². The third-order valence-electron chi connectivity index (χ3n) is 7.20. The first-order chi connectivity index (χ1) is 18.0. The summed E-state index contributed by atoms with van der Waals surface area (Å²) in [5.41, 5.74) is 3.31. The van der Waals surface area contributed by atoms with E-state index in [0.717, 1.165) is 47.6 Å². The van der Waals surface area contributed by atoms with Crippen LogP contribution in [0.3, 0.4) is 0 Å². The maximum atomic E-state index is 14.0. The molecule has 0 atom stereocenters. The predicted molar refractivity (Wildman–Crippen MR) is 146 cm³/mol. The van der Waals surface area contributed by atoms with E-state index in [1.54, 1.807) is 38.6 Å². The van der Waals surface area contributed by atoms with E-state index in [1.807, 2.05) is 35.4 Å². The number of aromatic amines is 1. The van der Waals surface area contributed by atoms with Gasteiger partial charge in [0.15, 0.2) is 5.13 Å². The lowest BCUT2D eigenvalue weighted by Crippen LogP contribution is -2.42. The van der Waals surface area contributed by atoms with E-state index in [-0.39, 0.29) is 24.2 Å². The molecule has 8 heteroatoms. The molecule has 1 amide bonds. The van der Waals surface area contributed by atoms with Gasteiger partial charge in [0.05, 0.1) is 31.8 Å². The highest BCUT2D eigenvalue weighted by atomic mass is 32.1. The van der Waals surface area contributed by atoms with Gasteiger partial charge in [-0.2, -0.15) is 0 Å². The highest BCUT2D eigenvalue weighted by Gasteiger charge is 2.31. The lowest BCUT2D eigenvalue weighted by molar-refractivity contribution is -0.118. The van der Waals surface area contributed by atoms with Gasteiger partial charge in [-0.05, 0) is 49.6 Å². The normalized spacial score (nSPS) is 14.0. The number of H-pyrrole nitrogens is 1. The van der Waals surface area contributed by atoms with Crippen molar-refractivity contribution in [3.05, 3.63) is 70.4 Å². The first kappa shape index (κ1) is 25.0. The molecule has 5 rings (SSSR count). The fourth-order valence-corrected chi connectivity index (χ4v) is 6.16. The van der Waals surface area contributed by atoms with E-state index in [0.29, 0.717) is 28.0 Å². The number of amides is 1. The standard InChI is InChI=1S/C29H31N3O4S/c1-18-21(17-25(33)32(29-30-15-16-37-29)19-9-5-4-6-10-19)26-22(31-18)13-14-24(36-3)27(26)28(34)20-11-7-8-12-23(20)35-2/h7-8,11-16,19,31H,4-6,9-10,17H2,1-3H3. The summed E-state index contributed by atoms with van der Waals surface area (Å²) < 4.78 is 11.1. The summed E-state index contributed by atoms with van der Waals surface area (Å²) in [7, 11) is 3.10. The molecule has 0 bridgehead atoms. The Balaban J connectivity index is 1.61. The third-order valence-corrected chi connectivity index (χ3v) is 7.97. The van der Waals surface area contributed by atoms with Gasteiger partial charge in [0.25, 0.3) is 0 Å². The summed E-state index contributed by atoms with van der Waals surface area (Å²) >= 11 is 1.49. The second-order valence-electron chi connectivity index (χ2n) is 9.37. The van der Waals surface area contributed by atoms with E-state index < -0.39 is 0 Å². The number of fused-ring (bicyclic) bond motifs is 1. The third kappa shape index (κ3) is 4.73. The van der Waals surface area contributed by atoms with Crippen molar-refractivity contribution < 1.29 is 19.1 Å². The van der Waals surface area contributed by atoms with Crippen LogP contribution in [-0.2, 0) is 11.2 Å². The first-order valence-electron chi connectivity index (χ1n) is 12.6. The number of nitrogens with zero attached hydrogens (tertiary/aromatic N) is 2. The minimum absolute atomic E-state index is 0.00985. The van der Waals surface area contributed by atoms with Crippen molar-refractivity contribution in [2.24, 2.45) is 0 Å². The van der Waals surface area contributed by atoms with Gasteiger partial charge in [0.2, 0.25) is 11.7 Å². The average Bonchev–Trinajstić information content (AvgIpc) is 3.56. The number of methoxy groups -OCH3 is 2. The Morgan fingerprint density at radius 1 is 1.05 bits per heavy atom. The summed E-state index contributed by atoms with van der Waals surface area (Å²) in [4.78, 5) is 37.7. The molecular formula is C29H31N3O4S. The van der Waals surface area contributed by atoms with E-state index in [1.165, 1.54) is 17.8 Å². The Morgan fingerprint density at radius 2 is 1.81 bits per heavy atom. The number of para-hydroxylation sites is 1. The summed E-state index contributed by atoms with van der Waals surface area (Å²) in [6.07, 6.45) is 7.27. The zero-order chi connectivity index (χ0) is 25.9. The van der Waals surface area contributed by atoms with Crippen LogP contribution in [0.5, 0.6) is 11.5 Å². The minimum atomic E-state index is -0.211. The average molecular weight is 518 g/mol. The number of hydrogen-bond acceptors (Lipinski definition) is 6. The van der Waals surface area contributed by atoms with Gasteiger partial charge in [-0.15, -0.1) is 11.3 Å². The summed E-state index contributed by atoms with van der Waals surface area (Å²) in [5.74, 6) is 0.727. The molecule has 0 radical (unpaired) electrons. The summed E-state index contributed by atoms with van der Waals surface area (Å²) in [6, 6.07) is 11.0. The molecule has 0 saturated heterocycles. The molecule has 1 aliphatic rings. The van der Waals surface area contributed by atoms with Gasteiger partial charge in [-0.3, -0.25) is 14.5 Å². The number of hydrogen-bond donors (Lipinski definition) is 1. The fourth-order valence-electron chi connectivity index (χ4n) is 5.43. The maximum Gasteiger partial charge on any atom is 0.233 e. The number of carbonyl (C=O) groups is 2. The monoisotopic (exact) mass is 517 g/mol. The van der Waals surface area contributed by atoms with Crippen molar-refractivity contribution in [2.75, 3.05) is 19.1 Å². The maximum absolute atomic E-state index is 14.0. The van der Waals surface area contributed by atoms with Crippen LogP contribution in [0.1, 0.15) is 59.3 Å². The molecule has 4 aromatic rings. The molecule has 0 spiro atoms. The van der Waals surface area contributed by atoms with Gasteiger partial charge in [-0.1, -0.05) is 31.4 Å². The Hall–Kier alpha value is -3.65. The molecule has 1 N–H and O–H groups in total. The Morgan fingerprint density at radius 3 is 2.51 bits per heavy atom. The Kier molecular flexibility index (Phi) is 7.28. The van der Waals surface area contributed by atoms with Crippen molar-refractivity contribution in [3.8, 4) is 11.5 Å². The lowest BCUT2D eigenvalue weighted by Gasteiger charge is -2.32. The van der Waals surface area contributed by atoms with Crippen LogP contribution in [-0.4, -0.2) is 41.9 Å². The number of thiazole rings is 1. The van der Waals surface area contributed by atoms with Crippen LogP contribution in [0.2, 0.25) is 0 Å². The van der Waals surface area contributed by atoms with E-state index in [2.05, 4.69) is 9.97 Å². The van der Waals surface area contributed by atoms with Crippen LogP contribution in [0, 0.1) is 6.92 Å². The molecule has 7 nitrogen and oxygen atoms in total. The van der Waals surface area contributed by atoms with Gasteiger partial charge < -0.3 is 14.5 Å². The van der Waals surface area contributed by atoms with Crippen molar-refractivity contribution in [3.63, 3.8) is 0 Å². The second-order valence-corrected chi connectivity index (χ2v) is 10.2. The quantitative estimate of drug-likeness (QED) is 0.286. The zero-order valence-corrected chi connectivity index (χ0v) is 22.2. The number of ether oxygens (including phenoxy) is 2. The topological polar surface area (TPSA) is 84.5 Å². The number of benzene rings is 2. The molecule has 1 saturated carbocycles. The number of ketones is 1. The Labute approximate surface area is 220 Å². The van der Waals surface area contributed by atoms with Crippen LogP contribution in [0.15, 0.2) is 48.0 Å². The van der Waals surface area contributed by atoms with E-state index in [9.17, 15) is 9.59 Å². The molecule has 192 valence electrons. The van der Waals surface area contributed by atoms with Crippen molar-refractivity contribution >= 4 is 39.1 Å². The zero-order valence-electron chi connectivity index (χ0n) is 21.4. The number of rotatable bonds is 8. The number of nitrogens with one attached hydrogen (secondary N) is 1. The van der Waals surface area contributed by atoms with Crippen molar-refractivity contribution in [1.82, 2.24) is 9.97 Å². The summed E-state index contributed by atoms with van der Waals surface area (Å²) in [5, 5.41) is 3.35. The number of carbonyl (C=O) groups excluding carboxylic acids is 2. The number of aryl methyl sites for hydroxylation is 1. The molecule has 0 aliphatic heterocycles. The SMILES string of the molecule is COc1ccccc1C(=O)c1c(OC)ccc2[nH]c(C)c(CC(=O)N(c3nccs3)C3CCCCC3)c12. The van der Waals surface area contributed by atoms with Gasteiger partial charge in [-0.25, -0.2) is 4.98 Å². The minimum Gasteiger partial charge on any atom is -0.496 e. The van der Waals surface area contributed by atoms with Gasteiger partial charge in [0.1, 0.15) is 11.5 Å². The molecular weight excluding hydrogens is 486 g/mol. The van der Waals surface area contributed by atoms with Crippen LogP contribution in [0.4, 0.5) is 5.13 Å². The van der Waals surface area contributed by atoms with Crippen LogP contribution < -0.4 is 14.4 Å². The number of aromatic nitrogens is 2. The molecule has 2 aromatic carbocycles. The molecule has 2 aromatic heterocycles. The molecule has 2 heterocycles. The summed E-state index contributed by atoms with van der Waals surface area (Å²) in [6.45, 7) is 1.95. The largest absolute Gasteiger partial charge is 0.496 e. The predicted octanol–water partition coefficient (Wildman–Crippen LogP) is 6.09. The highest BCUT2D eigenvalue weighted by molar-refractivity contribution is 7.13. The van der Waals surface area contributed by atoms with Gasteiger partial charge in [0, 0.05) is 34.2 Å². The van der Waals surface area contributed by atoms with Crippen molar-refractivity contribution in [1.29, 1.82) is 0 Å². The highest BCUT2D eigenvalue weighted by Crippen LogP contribution is 2.37. The smallest absolute Gasteiger partial charge is 0.233 e. The fraction of sp³-hybridized carbons (Fsp3) is 0.345. The van der Waals surface area contributed by atoms with Crippen molar-refractivity contribution in [2.45, 2.75) is 51.5 Å². The van der Waals surface area contributed by atoms with Crippen LogP contribution >= 0.6 is 11.3 Å². The van der Waals surface area contributed by atoms with E-state index >= 15 is 0 Å². The van der Waals surface area contributed by atoms with Crippen LogP contribution in [0.25, 0.3) is 10.9 Å². The second kappa shape index (κ2) is 10.8. The molecule has 1 aliphatic carbocycles. The first-order valence-corrected chi connectivity index (χ1v) is 13.5. The molecule has 37 heavy (non-hydrogen) atoms. The van der Waals surface area contributed by atoms with E-state index in [4.69, 9.17) is 9.47 Å². The molecule has 0 unspecified atom stereocenters. The lowest BCUT2D eigenvalue weighted by atomic mass is 9.93. The number of anilines is 1. The Bertz CT molecular complexity index is 1420.